The molecule has 1 aromatic heterocycles. The Bertz CT molecular complexity index is 756. The maximum Gasteiger partial charge on any atom is 0.563 e. The van der Waals surface area contributed by atoms with E-state index in [1.807, 2.05) is 58.2 Å². The van der Waals surface area contributed by atoms with Crippen LogP contribution >= 0.6 is 0 Å². The molecule has 3 rings (SSSR count). The Morgan fingerprint density at radius 3 is 2.50 bits per heavy atom. The van der Waals surface area contributed by atoms with E-state index in [9.17, 15) is 0 Å². The summed E-state index contributed by atoms with van der Waals surface area (Å²) in [5.74, 6) is 1.44. The summed E-state index contributed by atoms with van der Waals surface area (Å²) >= 11 is 0. The fourth-order valence-electron chi connectivity index (χ4n) is 2.53. The Morgan fingerprint density at radius 2 is 1.92 bits per heavy atom. The highest BCUT2D eigenvalue weighted by Gasteiger charge is 2.42. The predicted molar refractivity (Wildman–Crippen MR) is 95.3 cm³/mol. The van der Waals surface area contributed by atoms with Crippen molar-refractivity contribution in [2.75, 3.05) is 0 Å². The Morgan fingerprint density at radius 1 is 1.21 bits per heavy atom. The summed E-state index contributed by atoms with van der Waals surface area (Å²) in [6.07, 6.45) is 1.86. The van der Waals surface area contributed by atoms with E-state index in [1.54, 1.807) is 0 Å². The van der Waals surface area contributed by atoms with Crippen LogP contribution < -0.4 is 10.2 Å². The second-order valence-electron chi connectivity index (χ2n) is 6.64. The van der Waals surface area contributed by atoms with Crippen LogP contribution in [0.3, 0.4) is 0 Å². The monoisotopic (exact) mass is 323 g/mol. The summed E-state index contributed by atoms with van der Waals surface area (Å²) in [7, 11) is -0.414. The van der Waals surface area contributed by atoms with Gasteiger partial charge in [0, 0.05) is 6.20 Å². The van der Waals surface area contributed by atoms with Gasteiger partial charge in [0.2, 0.25) is 0 Å². The van der Waals surface area contributed by atoms with Gasteiger partial charge in [-0.25, -0.2) is 0 Å². The van der Waals surface area contributed by atoms with Crippen molar-refractivity contribution in [1.82, 2.24) is 4.98 Å². The Labute approximate surface area is 143 Å². The average Bonchev–Trinajstić information content (AvgIpc) is 2.80. The number of ether oxygens (including phenoxy) is 1. The van der Waals surface area contributed by atoms with Crippen LogP contribution in [0.1, 0.15) is 30.7 Å². The molecule has 0 spiro atoms. The molecular formula is C19H22BNO3. The molecule has 0 bridgehead atoms. The zero-order valence-corrected chi connectivity index (χ0v) is 14.6. The number of hydrogen-bond acceptors (Lipinski definition) is 4. The van der Waals surface area contributed by atoms with E-state index in [2.05, 4.69) is 17.6 Å². The molecule has 0 amide bonds. The molecule has 1 aliphatic heterocycles. The summed E-state index contributed by atoms with van der Waals surface area (Å²) in [5, 5.41) is 0. The summed E-state index contributed by atoms with van der Waals surface area (Å²) < 4.78 is 17.4. The zero-order valence-electron chi connectivity index (χ0n) is 14.6. The highest BCUT2D eigenvalue weighted by molar-refractivity contribution is 6.62. The normalized spacial score (nSPS) is 16.2. The fraction of sp³-hybridized carbons (Fsp3) is 0.316. The van der Waals surface area contributed by atoms with E-state index >= 15 is 0 Å². The average molecular weight is 323 g/mol. The van der Waals surface area contributed by atoms with Crippen LogP contribution in [0.25, 0.3) is 0 Å². The highest BCUT2D eigenvalue weighted by Crippen LogP contribution is 2.29. The number of aryl methyl sites for hydroxylation is 2. The Hall–Kier alpha value is -2.27. The minimum Gasteiger partial charge on any atom is -0.534 e. The molecule has 0 aliphatic carbocycles. The second kappa shape index (κ2) is 6.32. The fourth-order valence-corrected chi connectivity index (χ4v) is 2.53. The highest BCUT2D eigenvalue weighted by atomic mass is 16.7. The van der Waals surface area contributed by atoms with Crippen LogP contribution in [-0.2, 0) is 15.9 Å². The molecule has 1 aliphatic rings. The lowest BCUT2D eigenvalue weighted by atomic mass is 9.79. The third kappa shape index (κ3) is 3.46. The third-order valence-corrected chi connectivity index (χ3v) is 4.17. The minimum absolute atomic E-state index is 0.414. The number of aromatic nitrogens is 1. The molecule has 0 saturated carbocycles. The van der Waals surface area contributed by atoms with Crippen LogP contribution in [0.2, 0.25) is 0 Å². The largest absolute Gasteiger partial charge is 0.563 e. The summed E-state index contributed by atoms with van der Waals surface area (Å²) in [4.78, 5) is 4.42. The predicted octanol–water partition coefficient (Wildman–Crippen LogP) is 3.31. The van der Waals surface area contributed by atoms with Crippen molar-refractivity contribution >= 4 is 12.6 Å². The Kier molecular flexibility index (Phi) is 4.37. The van der Waals surface area contributed by atoms with E-state index < -0.39 is 12.7 Å². The lowest BCUT2D eigenvalue weighted by molar-refractivity contribution is 0.173. The van der Waals surface area contributed by atoms with Gasteiger partial charge in [0.15, 0.2) is 0 Å². The van der Waals surface area contributed by atoms with E-state index in [0.717, 1.165) is 28.0 Å². The van der Waals surface area contributed by atoms with Gasteiger partial charge in [-0.2, -0.15) is 0 Å². The number of benzene rings is 1. The van der Waals surface area contributed by atoms with Crippen molar-refractivity contribution in [3.8, 4) is 5.75 Å². The molecule has 1 saturated heterocycles. The lowest BCUT2D eigenvalue weighted by Crippen LogP contribution is -2.34. The maximum atomic E-state index is 5.87. The minimum atomic E-state index is -0.464. The van der Waals surface area contributed by atoms with Crippen molar-refractivity contribution in [1.29, 1.82) is 0 Å². The lowest BCUT2D eigenvalue weighted by Gasteiger charge is -2.15. The van der Waals surface area contributed by atoms with Gasteiger partial charge < -0.3 is 14.0 Å². The summed E-state index contributed by atoms with van der Waals surface area (Å²) in [6, 6.07) is 9.84. The van der Waals surface area contributed by atoms with Gasteiger partial charge in [-0.3, -0.25) is 4.98 Å². The number of nitrogens with zero attached hydrogens (tertiary/aromatic N) is 1. The van der Waals surface area contributed by atoms with Crippen LogP contribution in [-0.4, -0.2) is 17.7 Å². The summed E-state index contributed by atoms with van der Waals surface area (Å²) in [5.41, 5.74) is 3.72. The number of pyridine rings is 1. The molecule has 0 atom stereocenters. The molecule has 0 N–H and O–H groups in total. The van der Waals surface area contributed by atoms with Crippen LogP contribution in [0.15, 0.2) is 48.9 Å². The van der Waals surface area contributed by atoms with E-state index in [1.165, 1.54) is 0 Å². The van der Waals surface area contributed by atoms with Gasteiger partial charge in [0.25, 0.3) is 0 Å². The molecule has 5 heteroatoms. The zero-order chi connectivity index (χ0) is 17.3. The smallest absolute Gasteiger partial charge is 0.534 e. The molecular weight excluding hydrogens is 301 g/mol. The van der Waals surface area contributed by atoms with Crippen molar-refractivity contribution < 1.29 is 14.0 Å². The van der Waals surface area contributed by atoms with E-state index in [-0.39, 0.29) is 0 Å². The SMILES string of the molecule is C=C1OB(c2ccc(OCc3ncc(C)cc3C)cc2)OC1(C)C. The van der Waals surface area contributed by atoms with Crippen molar-refractivity contribution in [3.63, 3.8) is 0 Å². The summed E-state index contributed by atoms with van der Waals surface area (Å²) in [6.45, 7) is 12.3. The first-order chi connectivity index (χ1) is 11.3. The molecule has 2 heterocycles. The first-order valence-electron chi connectivity index (χ1n) is 8.04. The first kappa shape index (κ1) is 16.6. The number of hydrogen-bond donors (Lipinski definition) is 0. The van der Waals surface area contributed by atoms with Crippen molar-refractivity contribution in [3.05, 3.63) is 65.7 Å². The standard InChI is InChI=1S/C19H22BNO3/c1-13-10-14(2)18(21-11-13)12-22-17-8-6-16(7-9-17)20-23-15(3)19(4,5)24-20/h6-11H,3,12H2,1-2,4-5H3. The molecule has 124 valence electrons. The van der Waals surface area contributed by atoms with Gasteiger partial charge in [0.1, 0.15) is 18.0 Å². The van der Waals surface area contributed by atoms with Crippen molar-refractivity contribution in [2.45, 2.75) is 39.9 Å². The molecule has 0 radical (unpaired) electrons. The van der Waals surface area contributed by atoms with Crippen molar-refractivity contribution in [2.24, 2.45) is 0 Å². The van der Waals surface area contributed by atoms with E-state index in [4.69, 9.17) is 14.0 Å². The molecule has 24 heavy (non-hydrogen) atoms. The van der Waals surface area contributed by atoms with E-state index in [0.29, 0.717) is 12.4 Å². The van der Waals surface area contributed by atoms with Gasteiger partial charge in [-0.15, -0.1) is 0 Å². The molecule has 4 nitrogen and oxygen atoms in total. The molecule has 1 aromatic carbocycles. The van der Waals surface area contributed by atoms with Gasteiger partial charge >= 0.3 is 7.12 Å². The quantitative estimate of drug-likeness (QED) is 0.810. The number of rotatable bonds is 4. The molecule has 0 unspecified atom stereocenters. The topological polar surface area (TPSA) is 40.6 Å². The first-order valence-corrected chi connectivity index (χ1v) is 8.04. The van der Waals surface area contributed by atoms with Crippen LogP contribution in [0.5, 0.6) is 5.75 Å². The van der Waals surface area contributed by atoms with Crippen LogP contribution in [0, 0.1) is 13.8 Å². The van der Waals surface area contributed by atoms with Gasteiger partial charge in [-0.1, -0.05) is 24.8 Å². The van der Waals surface area contributed by atoms with Gasteiger partial charge in [-0.05, 0) is 56.4 Å². The molecule has 2 aromatic rings. The third-order valence-electron chi connectivity index (χ3n) is 4.17. The van der Waals surface area contributed by atoms with Gasteiger partial charge in [0.05, 0.1) is 11.5 Å². The van der Waals surface area contributed by atoms with Crippen LogP contribution in [0.4, 0.5) is 0 Å². The second-order valence-corrected chi connectivity index (χ2v) is 6.64. The Balaban J connectivity index is 1.64. The molecule has 1 fully saturated rings. The maximum absolute atomic E-state index is 5.87.